The maximum atomic E-state index is 11.2. The quantitative estimate of drug-likeness (QED) is 0.117. The van der Waals surface area contributed by atoms with E-state index in [1.807, 2.05) is 0 Å². The number of hydrogen-bond donors (Lipinski definition) is 18. The van der Waals surface area contributed by atoms with Gasteiger partial charge in [0.25, 0.3) is 0 Å². The molecule has 0 aromatic carbocycles. The van der Waals surface area contributed by atoms with Crippen molar-refractivity contribution in [2.24, 2.45) is 0 Å². The third-order valence-corrected chi connectivity index (χ3v) is 12.7. The molecule has 12 bridgehead atoms. The summed E-state index contributed by atoms with van der Waals surface area (Å²) in [6.07, 6.45) is -58.5. The van der Waals surface area contributed by atoms with E-state index in [1.54, 1.807) is 0 Å². The lowest BCUT2D eigenvalue weighted by Gasteiger charge is -2.50. The van der Waals surface area contributed by atoms with Crippen LogP contribution in [0.4, 0.5) is 0 Å². The SMILES string of the molecule is OCC1O[C@@H]2O[C@@H]3C(CO)O[C@H](O[C@@H]4C(CO)O[C@H](O[C@@H]5C(CO)O[C@H](O[C@@H]6C(CO)O[C@H](O[C@@H]7C(CO)O[C@H](OC1[C@@H](O)C2O)C(O)[C@H]7O)C(O)[C@H]6O)C(O)[C@H]5O)C(O)[C@H]4O)C(O)[C@H]3O. The zero-order valence-electron chi connectivity index (χ0n) is 34.5. The molecule has 13 unspecified atom stereocenters. The van der Waals surface area contributed by atoms with Gasteiger partial charge < -0.3 is 149 Å². The summed E-state index contributed by atoms with van der Waals surface area (Å²) in [5, 5.41) is 196. The van der Waals surface area contributed by atoms with Gasteiger partial charge in [-0.2, -0.15) is 0 Å². The number of hydrogen-bond acceptors (Lipinski definition) is 30. The van der Waals surface area contributed by atoms with Crippen LogP contribution < -0.4 is 0 Å². The number of rotatable bonds is 6. The van der Waals surface area contributed by atoms with Gasteiger partial charge in [-0.3, -0.25) is 0 Å². The molecule has 0 spiro atoms. The highest BCUT2D eigenvalue weighted by Gasteiger charge is 2.58. The Balaban J connectivity index is 1.19. The molecule has 0 aromatic heterocycles. The zero-order chi connectivity index (χ0) is 48.0. The van der Waals surface area contributed by atoms with Crippen LogP contribution in [-0.4, -0.2) is 316 Å². The first-order valence-electron chi connectivity index (χ1n) is 21.1. The first-order chi connectivity index (χ1) is 31.4. The molecule has 30 atom stereocenters. The molecular weight excluding hydrogens is 912 g/mol. The van der Waals surface area contributed by atoms with Crippen molar-refractivity contribution in [2.75, 3.05) is 39.6 Å². The Morgan fingerprint density at radius 1 is 0.182 bits per heavy atom. The molecule has 0 saturated carbocycles. The minimum Gasteiger partial charge on any atom is -0.394 e. The van der Waals surface area contributed by atoms with E-state index in [0.717, 1.165) is 0 Å². The highest BCUT2D eigenvalue weighted by molar-refractivity contribution is 5.01. The van der Waals surface area contributed by atoms with Gasteiger partial charge in [0.2, 0.25) is 0 Å². The second kappa shape index (κ2) is 22.1. The summed E-state index contributed by atoms with van der Waals surface area (Å²) in [7, 11) is 0. The smallest absolute Gasteiger partial charge is 0.187 e. The lowest BCUT2D eigenvalue weighted by atomic mass is 9.94. The minimum absolute atomic E-state index is 0.999. The fourth-order valence-corrected chi connectivity index (χ4v) is 8.93. The number of ether oxygens (including phenoxy) is 12. The zero-order valence-corrected chi connectivity index (χ0v) is 34.5. The van der Waals surface area contributed by atoms with Crippen molar-refractivity contribution in [3.8, 4) is 0 Å². The van der Waals surface area contributed by atoms with E-state index in [4.69, 9.17) is 56.8 Å². The van der Waals surface area contributed by atoms with Gasteiger partial charge in [0, 0.05) is 0 Å². The van der Waals surface area contributed by atoms with Crippen molar-refractivity contribution in [3.05, 3.63) is 0 Å². The molecule has 30 nitrogen and oxygen atoms in total. The molecular formula is C36H60O30. The summed E-state index contributed by atoms with van der Waals surface area (Å²) >= 11 is 0. The van der Waals surface area contributed by atoms with Gasteiger partial charge in [-0.15, -0.1) is 0 Å². The monoisotopic (exact) mass is 972 g/mol. The molecule has 0 aliphatic carbocycles. The van der Waals surface area contributed by atoms with Gasteiger partial charge in [0.1, 0.15) is 146 Å². The van der Waals surface area contributed by atoms with Gasteiger partial charge in [-0.25, -0.2) is 0 Å². The fourth-order valence-electron chi connectivity index (χ4n) is 8.93. The Morgan fingerprint density at radius 3 is 0.409 bits per heavy atom. The maximum Gasteiger partial charge on any atom is 0.187 e. The second-order valence-corrected chi connectivity index (χ2v) is 16.8. The molecule has 22 rings (SSSR count). The largest absolute Gasteiger partial charge is 0.394 e. The van der Waals surface area contributed by atoms with Gasteiger partial charge in [0.15, 0.2) is 37.7 Å². The average Bonchev–Trinajstić information content (AvgIpc) is 3.31. The third kappa shape index (κ3) is 10.0. The lowest BCUT2D eigenvalue weighted by Crippen LogP contribution is -2.69. The third-order valence-electron chi connectivity index (χ3n) is 12.7. The summed E-state index contributed by atoms with van der Waals surface area (Å²) in [6.45, 7) is -5.99. The van der Waals surface area contributed by atoms with E-state index < -0.39 is 224 Å². The molecule has 66 heavy (non-hydrogen) atoms. The van der Waals surface area contributed by atoms with E-state index >= 15 is 0 Å². The Kier molecular flexibility index (Phi) is 17.6. The molecule has 22 saturated heterocycles. The summed E-state index contributed by atoms with van der Waals surface area (Å²) in [5.74, 6) is 0. The van der Waals surface area contributed by atoms with Crippen LogP contribution in [0.1, 0.15) is 0 Å². The van der Waals surface area contributed by atoms with Crippen molar-refractivity contribution >= 4 is 0 Å². The Labute approximate surface area is 372 Å². The highest BCUT2D eigenvalue weighted by Crippen LogP contribution is 2.38. The first kappa shape index (κ1) is 52.6. The normalized spacial score (nSPS) is 55.4. The molecule has 18 N–H and O–H groups in total. The molecule has 30 heteroatoms. The van der Waals surface area contributed by atoms with Crippen LogP contribution in [0.3, 0.4) is 0 Å². The van der Waals surface area contributed by atoms with E-state index in [1.165, 1.54) is 0 Å². The molecule has 384 valence electrons. The topological polar surface area (TPSA) is 475 Å². The van der Waals surface area contributed by atoms with E-state index in [9.17, 15) is 91.9 Å². The van der Waals surface area contributed by atoms with Gasteiger partial charge in [-0.05, 0) is 0 Å². The number of aliphatic hydroxyl groups excluding tert-OH is 18. The molecule has 0 amide bonds. The van der Waals surface area contributed by atoms with Crippen molar-refractivity contribution in [1.29, 1.82) is 0 Å². The van der Waals surface area contributed by atoms with Gasteiger partial charge >= 0.3 is 0 Å². The molecule has 22 aliphatic rings. The Bertz CT molecular complexity index is 1230. The summed E-state index contributed by atoms with van der Waals surface area (Å²) in [4.78, 5) is 0. The maximum absolute atomic E-state index is 11.2. The van der Waals surface area contributed by atoms with Crippen LogP contribution in [0, 0.1) is 0 Å². The van der Waals surface area contributed by atoms with Crippen LogP contribution >= 0.6 is 0 Å². The molecule has 22 fully saturated rings. The van der Waals surface area contributed by atoms with Crippen LogP contribution in [0.5, 0.6) is 0 Å². The Hall–Kier alpha value is -1.20. The highest BCUT2D eigenvalue weighted by atomic mass is 16.8. The molecule has 0 radical (unpaired) electrons. The number of aliphatic hydroxyl groups is 18. The van der Waals surface area contributed by atoms with Crippen molar-refractivity contribution < 1.29 is 149 Å². The molecule has 22 aliphatic heterocycles. The van der Waals surface area contributed by atoms with Crippen LogP contribution in [-0.2, 0) is 56.8 Å². The van der Waals surface area contributed by atoms with E-state index in [-0.39, 0.29) is 0 Å². The van der Waals surface area contributed by atoms with Crippen molar-refractivity contribution in [1.82, 2.24) is 0 Å². The van der Waals surface area contributed by atoms with E-state index in [0.29, 0.717) is 0 Å². The van der Waals surface area contributed by atoms with Gasteiger partial charge in [-0.1, -0.05) is 0 Å². The predicted octanol–water partition coefficient (Wildman–Crippen LogP) is -13.1. The summed E-state index contributed by atoms with van der Waals surface area (Å²) < 4.78 is 67.9. The van der Waals surface area contributed by atoms with Crippen LogP contribution in [0.15, 0.2) is 0 Å². The van der Waals surface area contributed by atoms with Crippen molar-refractivity contribution in [3.63, 3.8) is 0 Å². The van der Waals surface area contributed by atoms with Crippen LogP contribution in [0.25, 0.3) is 0 Å². The second-order valence-electron chi connectivity index (χ2n) is 16.8. The Morgan fingerprint density at radius 2 is 0.303 bits per heavy atom. The van der Waals surface area contributed by atoms with Crippen molar-refractivity contribution in [2.45, 2.75) is 184 Å². The molecule has 22 heterocycles. The lowest BCUT2D eigenvalue weighted by molar-refractivity contribution is -0.404. The standard InChI is InChI=1S/C36H60O30/c37-1-7-25-13(43)19(49)31(55-7)62-26-8(2-38)57-33(21(51)15(26)45)64-28-10(4-40)59-35(23(53)17(28)47)66-30-12(6-42)60-36(24(54)18(30)48)65-29-11(5-41)58-34(22(52)16(29)46)63-27-9(3-39)56-32(61-25)20(50)14(27)44/h7-54H,1-6H2/t7?,8?,9?,10?,11?,12?,13-,14-,15-,16-,17-,18+,19?,20?,21?,22?,23?,24?,25-,26-,27-,28-,29-,30?,31-,32-,33-,34-,35-,36-/m1/s1. The minimum atomic E-state index is -2.15. The van der Waals surface area contributed by atoms with Gasteiger partial charge in [0.05, 0.1) is 39.6 Å². The summed E-state index contributed by atoms with van der Waals surface area (Å²) in [5.41, 5.74) is 0. The molecule has 0 aromatic rings. The first-order valence-corrected chi connectivity index (χ1v) is 21.1. The fraction of sp³-hybridized carbons (Fsp3) is 1.00. The predicted molar refractivity (Wildman–Crippen MR) is 196 cm³/mol. The van der Waals surface area contributed by atoms with E-state index in [2.05, 4.69) is 0 Å². The van der Waals surface area contributed by atoms with Crippen LogP contribution in [0.2, 0.25) is 0 Å². The average molecular weight is 973 g/mol. The summed E-state index contributed by atoms with van der Waals surface area (Å²) in [6, 6.07) is 0.